The largest absolute Gasteiger partial charge is 0.456 e. The van der Waals surface area contributed by atoms with Crippen molar-refractivity contribution in [1.29, 1.82) is 5.26 Å². The van der Waals surface area contributed by atoms with Gasteiger partial charge in [-0.25, -0.2) is 4.98 Å². The molecule has 0 fully saturated rings. The highest BCUT2D eigenvalue weighted by Gasteiger charge is 2.30. The predicted molar refractivity (Wildman–Crippen MR) is 95.9 cm³/mol. The summed E-state index contributed by atoms with van der Waals surface area (Å²) in [6, 6.07) is 9.86. The third-order valence-corrected chi connectivity index (χ3v) is 5.13. The smallest absolute Gasteiger partial charge is 0.306 e. The predicted octanol–water partition coefficient (Wildman–Crippen LogP) is 2.83. The topological polar surface area (TPSA) is 92.1 Å². The minimum absolute atomic E-state index is 0.0591. The number of benzene rings is 1. The van der Waals surface area contributed by atoms with E-state index in [9.17, 15) is 14.9 Å². The average molecular weight is 359 g/mol. The molecule has 0 aliphatic rings. The SMILES string of the molecule is CC(C)[C@](C)(C#N)NC(=O)COC(=O)CCc1nc2ccccc2s1. The highest BCUT2D eigenvalue weighted by atomic mass is 32.1. The van der Waals surface area contributed by atoms with Gasteiger partial charge >= 0.3 is 5.97 Å². The van der Waals surface area contributed by atoms with E-state index in [1.54, 1.807) is 18.3 Å². The first-order valence-corrected chi connectivity index (χ1v) is 8.88. The molecule has 0 unspecified atom stereocenters. The van der Waals surface area contributed by atoms with E-state index in [1.165, 1.54) is 0 Å². The molecular formula is C18H21N3O3S. The summed E-state index contributed by atoms with van der Waals surface area (Å²) >= 11 is 1.54. The minimum atomic E-state index is -0.982. The summed E-state index contributed by atoms with van der Waals surface area (Å²) in [5.41, 5.74) is -0.0653. The van der Waals surface area contributed by atoms with Crippen LogP contribution in [0.25, 0.3) is 10.2 Å². The van der Waals surface area contributed by atoms with Crippen LogP contribution in [0.3, 0.4) is 0 Å². The van der Waals surface area contributed by atoms with Crippen molar-refractivity contribution in [3.63, 3.8) is 0 Å². The number of thiazole rings is 1. The third-order valence-electron chi connectivity index (χ3n) is 4.03. The van der Waals surface area contributed by atoms with Crippen LogP contribution < -0.4 is 5.32 Å². The maximum absolute atomic E-state index is 11.9. The molecule has 2 rings (SSSR count). The summed E-state index contributed by atoms with van der Waals surface area (Å²) in [5.74, 6) is -1.00. The van der Waals surface area contributed by atoms with Gasteiger partial charge in [0.05, 0.1) is 27.7 Å². The number of nitriles is 1. The van der Waals surface area contributed by atoms with Gasteiger partial charge in [0.1, 0.15) is 5.54 Å². The Hall–Kier alpha value is -2.46. The average Bonchev–Trinajstić information content (AvgIpc) is 3.00. The molecule has 0 saturated heterocycles. The number of aryl methyl sites for hydroxylation is 1. The van der Waals surface area contributed by atoms with Crippen LogP contribution in [-0.4, -0.2) is 29.0 Å². The lowest BCUT2D eigenvalue weighted by atomic mass is 9.90. The molecule has 1 aromatic carbocycles. The molecule has 0 saturated carbocycles. The minimum Gasteiger partial charge on any atom is -0.456 e. The molecule has 2 aromatic rings. The monoisotopic (exact) mass is 359 g/mol. The first-order valence-electron chi connectivity index (χ1n) is 8.06. The lowest BCUT2D eigenvalue weighted by molar-refractivity contribution is -0.149. The fourth-order valence-corrected chi connectivity index (χ4v) is 3.05. The lowest BCUT2D eigenvalue weighted by Gasteiger charge is -2.27. The van der Waals surface area contributed by atoms with E-state index in [2.05, 4.69) is 16.4 Å². The van der Waals surface area contributed by atoms with E-state index in [-0.39, 0.29) is 18.9 Å². The number of carbonyl (C=O) groups is 2. The number of para-hydroxylation sites is 1. The van der Waals surface area contributed by atoms with Gasteiger partial charge in [0.25, 0.3) is 5.91 Å². The van der Waals surface area contributed by atoms with E-state index in [0.717, 1.165) is 15.2 Å². The number of aromatic nitrogens is 1. The Kier molecular flexibility index (Phi) is 6.10. The molecule has 25 heavy (non-hydrogen) atoms. The van der Waals surface area contributed by atoms with Gasteiger partial charge in [-0.05, 0) is 25.0 Å². The highest BCUT2D eigenvalue weighted by Crippen LogP contribution is 2.22. The standard InChI is InChI=1S/C18H21N3O3S/c1-12(2)18(3,11-19)21-15(22)10-24-17(23)9-8-16-20-13-6-4-5-7-14(13)25-16/h4-7,12H,8-10H2,1-3H3,(H,21,22)/t18-/m0/s1. The number of hydrogen-bond acceptors (Lipinski definition) is 6. The number of fused-ring (bicyclic) bond motifs is 1. The molecule has 1 atom stereocenters. The van der Waals surface area contributed by atoms with Crippen molar-refractivity contribution in [3.8, 4) is 6.07 Å². The number of carbonyl (C=O) groups excluding carboxylic acids is 2. The Labute approximate surface area is 150 Å². The van der Waals surface area contributed by atoms with Crippen molar-refractivity contribution in [2.75, 3.05) is 6.61 Å². The van der Waals surface area contributed by atoms with Crippen molar-refractivity contribution >= 4 is 33.4 Å². The quantitative estimate of drug-likeness (QED) is 0.768. The van der Waals surface area contributed by atoms with Gasteiger partial charge in [-0.1, -0.05) is 26.0 Å². The molecule has 1 heterocycles. The van der Waals surface area contributed by atoms with E-state index in [1.807, 2.05) is 38.1 Å². The molecule has 6 nitrogen and oxygen atoms in total. The second kappa shape index (κ2) is 8.08. The Morgan fingerprint density at radius 1 is 1.40 bits per heavy atom. The van der Waals surface area contributed by atoms with Gasteiger partial charge in [0, 0.05) is 6.42 Å². The molecule has 0 aliphatic heterocycles. The number of rotatable bonds is 7. The normalized spacial score (nSPS) is 13.2. The Bertz CT molecular complexity index is 776. The number of ether oxygens (including phenoxy) is 1. The van der Waals surface area contributed by atoms with Gasteiger partial charge in [-0.2, -0.15) is 5.26 Å². The first kappa shape index (κ1) is 18.9. The van der Waals surface area contributed by atoms with Gasteiger partial charge in [-0.15, -0.1) is 11.3 Å². The summed E-state index contributed by atoms with van der Waals surface area (Å²) in [6.07, 6.45) is 0.633. The molecular weight excluding hydrogens is 338 g/mol. The zero-order chi connectivity index (χ0) is 18.4. The van der Waals surface area contributed by atoms with Gasteiger partial charge < -0.3 is 10.1 Å². The first-order chi connectivity index (χ1) is 11.8. The van der Waals surface area contributed by atoms with Crippen molar-refractivity contribution in [3.05, 3.63) is 29.3 Å². The van der Waals surface area contributed by atoms with Crippen molar-refractivity contribution < 1.29 is 14.3 Å². The number of amides is 1. The molecule has 0 aliphatic carbocycles. The third kappa shape index (κ3) is 5.00. The fraction of sp³-hybridized carbons (Fsp3) is 0.444. The number of nitrogens with zero attached hydrogens (tertiary/aromatic N) is 2. The highest BCUT2D eigenvalue weighted by molar-refractivity contribution is 7.18. The summed E-state index contributed by atoms with van der Waals surface area (Å²) in [7, 11) is 0. The molecule has 0 radical (unpaired) electrons. The van der Waals surface area contributed by atoms with Crippen LogP contribution >= 0.6 is 11.3 Å². The van der Waals surface area contributed by atoms with Crippen molar-refractivity contribution in [2.45, 2.75) is 39.2 Å². The molecule has 7 heteroatoms. The number of hydrogen-bond donors (Lipinski definition) is 1. The number of esters is 1. The van der Waals surface area contributed by atoms with Crippen LogP contribution in [0.1, 0.15) is 32.2 Å². The van der Waals surface area contributed by atoms with Crippen LogP contribution in [-0.2, 0) is 20.7 Å². The summed E-state index contributed by atoms with van der Waals surface area (Å²) in [6.45, 7) is 4.94. The zero-order valence-corrected chi connectivity index (χ0v) is 15.4. The maximum atomic E-state index is 11.9. The number of nitrogens with one attached hydrogen (secondary N) is 1. The fourth-order valence-electron chi connectivity index (χ4n) is 2.08. The lowest BCUT2D eigenvalue weighted by Crippen LogP contribution is -2.50. The zero-order valence-electron chi connectivity index (χ0n) is 14.5. The Balaban J connectivity index is 1.78. The molecule has 1 aromatic heterocycles. The molecule has 0 bridgehead atoms. The molecule has 0 spiro atoms. The van der Waals surface area contributed by atoms with Gasteiger partial charge in [0.15, 0.2) is 6.61 Å². The second-order valence-corrected chi connectivity index (χ2v) is 7.37. The van der Waals surface area contributed by atoms with Crippen LogP contribution in [0.2, 0.25) is 0 Å². The van der Waals surface area contributed by atoms with Crippen LogP contribution in [0.15, 0.2) is 24.3 Å². The second-order valence-electron chi connectivity index (χ2n) is 6.25. The summed E-state index contributed by atoms with van der Waals surface area (Å²) in [4.78, 5) is 28.1. The molecule has 1 amide bonds. The van der Waals surface area contributed by atoms with Crippen molar-refractivity contribution in [1.82, 2.24) is 10.3 Å². The molecule has 132 valence electrons. The van der Waals surface area contributed by atoms with Gasteiger partial charge in [0.2, 0.25) is 0 Å². The summed E-state index contributed by atoms with van der Waals surface area (Å²) in [5, 5.41) is 12.6. The van der Waals surface area contributed by atoms with E-state index in [4.69, 9.17) is 4.74 Å². The summed E-state index contributed by atoms with van der Waals surface area (Å²) < 4.78 is 6.06. The van der Waals surface area contributed by atoms with Gasteiger partial charge in [-0.3, -0.25) is 9.59 Å². The van der Waals surface area contributed by atoms with E-state index >= 15 is 0 Å². The van der Waals surface area contributed by atoms with E-state index in [0.29, 0.717) is 6.42 Å². The Morgan fingerprint density at radius 3 is 2.76 bits per heavy atom. The maximum Gasteiger partial charge on any atom is 0.306 e. The van der Waals surface area contributed by atoms with Crippen molar-refractivity contribution in [2.24, 2.45) is 5.92 Å². The Morgan fingerprint density at radius 2 is 2.12 bits per heavy atom. The van der Waals surface area contributed by atoms with E-state index < -0.39 is 17.4 Å². The van der Waals surface area contributed by atoms with Crippen LogP contribution in [0.4, 0.5) is 0 Å². The molecule has 1 N–H and O–H groups in total. The van der Waals surface area contributed by atoms with Crippen LogP contribution in [0.5, 0.6) is 0 Å². The van der Waals surface area contributed by atoms with Crippen LogP contribution in [0, 0.1) is 17.2 Å².